The van der Waals surface area contributed by atoms with E-state index in [9.17, 15) is 4.79 Å². The first-order chi connectivity index (χ1) is 9.31. The van der Waals surface area contributed by atoms with Crippen LogP contribution in [0.4, 0.5) is 0 Å². The first-order valence-corrected chi connectivity index (χ1v) is 7.40. The van der Waals surface area contributed by atoms with Crippen molar-refractivity contribution >= 4 is 5.91 Å². The molecular weight excluding hydrogens is 244 g/mol. The molecule has 2 rings (SSSR count). The van der Waals surface area contributed by atoms with E-state index in [0.717, 1.165) is 39.1 Å². The summed E-state index contributed by atoms with van der Waals surface area (Å²) in [6.07, 6.45) is 4.41. The Hall–Kier alpha value is -0.650. The van der Waals surface area contributed by atoms with E-state index in [4.69, 9.17) is 9.47 Å². The van der Waals surface area contributed by atoms with Crippen LogP contribution < -0.4 is 5.32 Å². The predicted octanol–water partition coefficient (Wildman–Crippen LogP) is 0.640. The van der Waals surface area contributed by atoms with Gasteiger partial charge in [-0.25, -0.2) is 0 Å². The number of piperidine rings is 1. The average molecular weight is 270 g/mol. The smallest absolute Gasteiger partial charge is 0.239 e. The number of likely N-dealkylation sites (tertiary alicyclic amines) is 1. The summed E-state index contributed by atoms with van der Waals surface area (Å²) in [6.45, 7) is 4.74. The van der Waals surface area contributed by atoms with Gasteiger partial charge in [0.05, 0.1) is 25.9 Å². The lowest BCUT2D eigenvalue weighted by Gasteiger charge is -2.27. The maximum atomic E-state index is 12.3. The van der Waals surface area contributed by atoms with Crippen molar-refractivity contribution in [1.29, 1.82) is 0 Å². The number of ether oxygens (including phenoxy) is 2. The number of carbonyl (C=O) groups is 1. The van der Waals surface area contributed by atoms with Gasteiger partial charge < -0.3 is 19.7 Å². The van der Waals surface area contributed by atoms with Crippen molar-refractivity contribution in [2.24, 2.45) is 5.92 Å². The number of methoxy groups -OCH3 is 1. The van der Waals surface area contributed by atoms with Crippen LogP contribution in [0, 0.1) is 5.92 Å². The van der Waals surface area contributed by atoms with Crippen LogP contribution in [0.15, 0.2) is 0 Å². The van der Waals surface area contributed by atoms with Gasteiger partial charge in [-0.05, 0) is 25.8 Å². The molecule has 0 radical (unpaired) electrons. The third-order valence-corrected chi connectivity index (χ3v) is 3.99. The van der Waals surface area contributed by atoms with Gasteiger partial charge in [-0.15, -0.1) is 0 Å². The topological polar surface area (TPSA) is 50.8 Å². The Kier molecular flexibility index (Phi) is 6.07. The van der Waals surface area contributed by atoms with E-state index in [1.165, 1.54) is 12.8 Å². The lowest BCUT2D eigenvalue weighted by molar-refractivity contribution is -0.133. The summed E-state index contributed by atoms with van der Waals surface area (Å²) in [5.41, 5.74) is 0. The lowest BCUT2D eigenvalue weighted by Crippen LogP contribution is -2.47. The number of nitrogens with zero attached hydrogens (tertiary/aromatic N) is 1. The van der Waals surface area contributed by atoms with Crippen molar-refractivity contribution < 1.29 is 14.3 Å². The van der Waals surface area contributed by atoms with E-state index in [1.807, 2.05) is 4.90 Å². The zero-order valence-electron chi connectivity index (χ0n) is 11.9. The SMILES string of the molecule is COCCOCC1CCN(C(=O)C2CCCCN2)C1. The quantitative estimate of drug-likeness (QED) is 0.720. The van der Waals surface area contributed by atoms with E-state index in [0.29, 0.717) is 25.0 Å². The molecule has 2 atom stereocenters. The lowest BCUT2D eigenvalue weighted by atomic mass is 10.0. The molecule has 110 valence electrons. The Bertz CT molecular complexity index is 280. The highest BCUT2D eigenvalue weighted by molar-refractivity contribution is 5.82. The van der Waals surface area contributed by atoms with Crippen LogP contribution in [-0.4, -0.2) is 63.4 Å². The first-order valence-electron chi connectivity index (χ1n) is 7.40. The molecule has 1 N–H and O–H groups in total. The highest BCUT2D eigenvalue weighted by Gasteiger charge is 2.31. The van der Waals surface area contributed by atoms with Gasteiger partial charge in [-0.1, -0.05) is 6.42 Å². The predicted molar refractivity (Wildman–Crippen MR) is 73.0 cm³/mol. The second-order valence-electron chi connectivity index (χ2n) is 5.51. The molecule has 0 aromatic rings. The first kappa shape index (κ1) is 14.8. The summed E-state index contributed by atoms with van der Waals surface area (Å²) in [4.78, 5) is 14.3. The fourth-order valence-electron chi connectivity index (χ4n) is 2.84. The molecule has 0 aliphatic carbocycles. The van der Waals surface area contributed by atoms with E-state index in [1.54, 1.807) is 7.11 Å². The van der Waals surface area contributed by atoms with Crippen molar-refractivity contribution in [3.8, 4) is 0 Å². The molecule has 2 unspecified atom stereocenters. The highest BCUT2D eigenvalue weighted by Crippen LogP contribution is 2.19. The van der Waals surface area contributed by atoms with Gasteiger partial charge in [0.25, 0.3) is 0 Å². The maximum absolute atomic E-state index is 12.3. The summed E-state index contributed by atoms with van der Waals surface area (Å²) in [6, 6.07) is 0.0573. The molecule has 5 heteroatoms. The minimum Gasteiger partial charge on any atom is -0.382 e. The minimum absolute atomic E-state index is 0.0573. The van der Waals surface area contributed by atoms with Crippen LogP contribution >= 0.6 is 0 Å². The molecule has 2 aliphatic rings. The molecule has 1 amide bonds. The fourth-order valence-corrected chi connectivity index (χ4v) is 2.84. The standard InChI is InChI=1S/C14H26N2O3/c1-18-8-9-19-11-12-5-7-16(10-12)14(17)13-4-2-3-6-15-13/h12-13,15H,2-11H2,1H3. The van der Waals surface area contributed by atoms with Gasteiger partial charge >= 0.3 is 0 Å². The molecular formula is C14H26N2O3. The Morgan fingerprint density at radius 2 is 2.21 bits per heavy atom. The van der Waals surface area contributed by atoms with Crippen LogP contribution in [0.1, 0.15) is 25.7 Å². The number of rotatable bonds is 6. The van der Waals surface area contributed by atoms with Crippen LogP contribution in [0.25, 0.3) is 0 Å². The van der Waals surface area contributed by atoms with E-state index >= 15 is 0 Å². The highest BCUT2D eigenvalue weighted by atomic mass is 16.5. The summed E-state index contributed by atoms with van der Waals surface area (Å²) in [5.74, 6) is 0.781. The van der Waals surface area contributed by atoms with Crippen molar-refractivity contribution in [3.63, 3.8) is 0 Å². The van der Waals surface area contributed by atoms with E-state index in [2.05, 4.69) is 5.32 Å². The molecule has 0 aromatic heterocycles. The van der Waals surface area contributed by atoms with Crippen LogP contribution in [0.5, 0.6) is 0 Å². The zero-order chi connectivity index (χ0) is 13.5. The third kappa shape index (κ3) is 4.44. The molecule has 0 spiro atoms. The summed E-state index contributed by atoms with van der Waals surface area (Å²) in [7, 11) is 1.68. The van der Waals surface area contributed by atoms with E-state index < -0.39 is 0 Å². The fraction of sp³-hybridized carbons (Fsp3) is 0.929. The Morgan fingerprint density at radius 3 is 2.95 bits per heavy atom. The monoisotopic (exact) mass is 270 g/mol. The molecule has 2 aliphatic heterocycles. The summed E-state index contributed by atoms with van der Waals surface area (Å²) < 4.78 is 10.5. The van der Waals surface area contributed by atoms with E-state index in [-0.39, 0.29) is 6.04 Å². The van der Waals surface area contributed by atoms with Gasteiger partial charge in [0, 0.05) is 26.1 Å². The largest absolute Gasteiger partial charge is 0.382 e. The second-order valence-corrected chi connectivity index (χ2v) is 5.51. The molecule has 0 bridgehead atoms. The van der Waals surface area contributed by atoms with Gasteiger partial charge in [-0.3, -0.25) is 4.79 Å². The average Bonchev–Trinajstić information content (AvgIpc) is 2.92. The molecule has 2 fully saturated rings. The molecule has 19 heavy (non-hydrogen) atoms. The minimum atomic E-state index is 0.0573. The van der Waals surface area contributed by atoms with Gasteiger partial charge in [0.2, 0.25) is 5.91 Å². The molecule has 2 saturated heterocycles. The molecule has 5 nitrogen and oxygen atoms in total. The second kappa shape index (κ2) is 7.82. The number of amides is 1. The Morgan fingerprint density at radius 1 is 1.32 bits per heavy atom. The molecule has 2 heterocycles. The third-order valence-electron chi connectivity index (χ3n) is 3.99. The van der Waals surface area contributed by atoms with Gasteiger partial charge in [0.1, 0.15) is 0 Å². The Balaban J connectivity index is 1.67. The van der Waals surface area contributed by atoms with Gasteiger partial charge in [-0.2, -0.15) is 0 Å². The van der Waals surface area contributed by atoms with Crippen molar-refractivity contribution in [2.75, 3.05) is 46.6 Å². The normalized spacial score (nSPS) is 27.7. The van der Waals surface area contributed by atoms with Gasteiger partial charge in [0.15, 0.2) is 0 Å². The van der Waals surface area contributed by atoms with Crippen molar-refractivity contribution in [3.05, 3.63) is 0 Å². The number of nitrogens with one attached hydrogen (secondary N) is 1. The molecule has 0 aromatic carbocycles. The number of carbonyl (C=O) groups excluding carboxylic acids is 1. The summed E-state index contributed by atoms with van der Waals surface area (Å²) in [5, 5.41) is 3.33. The van der Waals surface area contributed by atoms with Crippen LogP contribution in [0.3, 0.4) is 0 Å². The van der Waals surface area contributed by atoms with Crippen LogP contribution in [-0.2, 0) is 14.3 Å². The zero-order valence-corrected chi connectivity index (χ0v) is 11.9. The maximum Gasteiger partial charge on any atom is 0.239 e. The summed E-state index contributed by atoms with van der Waals surface area (Å²) >= 11 is 0. The van der Waals surface area contributed by atoms with Crippen molar-refractivity contribution in [1.82, 2.24) is 10.2 Å². The Labute approximate surface area is 115 Å². The molecule has 0 saturated carbocycles. The number of hydrogen-bond acceptors (Lipinski definition) is 4. The van der Waals surface area contributed by atoms with Crippen LogP contribution in [0.2, 0.25) is 0 Å². The number of hydrogen-bond donors (Lipinski definition) is 1. The van der Waals surface area contributed by atoms with Crippen molar-refractivity contribution in [2.45, 2.75) is 31.7 Å².